The molecule has 0 aliphatic heterocycles. The number of hydrogen-bond acceptors (Lipinski definition) is 2. The lowest BCUT2D eigenvalue weighted by Gasteiger charge is -2.08. The van der Waals surface area contributed by atoms with Gasteiger partial charge in [0.05, 0.1) is 0 Å². The minimum Gasteiger partial charge on any atom is -0.396 e. The van der Waals surface area contributed by atoms with Gasteiger partial charge in [-0.1, -0.05) is 13.3 Å². The molecule has 0 aromatic carbocycles. The van der Waals surface area contributed by atoms with Crippen LogP contribution in [0, 0.1) is 0 Å². The number of nitrogens with one attached hydrogen (secondary N) is 2. The Morgan fingerprint density at radius 2 is 1.83 bits per heavy atom. The first-order valence-corrected chi connectivity index (χ1v) is 4.84. The second kappa shape index (κ2) is 8.74. The molecule has 0 amide bonds. The van der Waals surface area contributed by atoms with Gasteiger partial charge in [-0.3, -0.25) is 0 Å². The minimum atomic E-state index is 0.213. The number of thiocarbonyl (C=S) groups is 1. The first kappa shape index (κ1) is 11.6. The van der Waals surface area contributed by atoms with Gasteiger partial charge in [-0.05, 0) is 25.1 Å². The first-order valence-electron chi connectivity index (χ1n) is 4.43. The zero-order chi connectivity index (χ0) is 9.23. The van der Waals surface area contributed by atoms with Crippen LogP contribution in [0.15, 0.2) is 0 Å². The molecule has 0 atom stereocenters. The van der Waals surface area contributed by atoms with Crippen LogP contribution in [-0.4, -0.2) is 29.9 Å². The van der Waals surface area contributed by atoms with Gasteiger partial charge in [0.2, 0.25) is 0 Å². The first-order chi connectivity index (χ1) is 5.81. The summed E-state index contributed by atoms with van der Waals surface area (Å²) in [6, 6.07) is 0. The smallest absolute Gasteiger partial charge is 0.166 e. The molecule has 0 heterocycles. The summed E-state index contributed by atoms with van der Waals surface area (Å²) >= 11 is 4.98. The van der Waals surface area contributed by atoms with Gasteiger partial charge in [-0.2, -0.15) is 0 Å². The van der Waals surface area contributed by atoms with Crippen LogP contribution in [-0.2, 0) is 0 Å². The van der Waals surface area contributed by atoms with Gasteiger partial charge in [-0.15, -0.1) is 0 Å². The number of aliphatic hydroxyl groups excluding tert-OH is 1. The molecule has 0 bridgehead atoms. The molecule has 0 saturated carbocycles. The van der Waals surface area contributed by atoms with Crippen LogP contribution in [0.5, 0.6) is 0 Å². The normalized spacial score (nSPS) is 9.50. The van der Waals surface area contributed by atoms with Crippen molar-refractivity contribution in [3.05, 3.63) is 0 Å². The Hall–Kier alpha value is -0.350. The molecule has 0 spiro atoms. The second-order valence-corrected chi connectivity index (χ2v) is 3.02. The number of hydrogen-bond donors (Lipinski definition) is 3. The molecule has 3 nitrogen and oxygen atoms in total. The summed E-state index contributed by atoms with van der Waals surface area (Å²) in [5.41, 5.74) is 0. The molecule has 0 rings (SSSR count). The van der Waals surface area contributed by atoms with Crippen LogP contribution in [0.25, 0.3) is 0 Å². The monoisotopic (exact) mass is 190 g/mol. The van der Waals surface area contributed by atoms with Gasteiger partial charge in [0, 0.05) is 19.7 Å². The van der Waals surface area contributed by atoms with E-state index < -0.39 is 0 Å². The van der Waals surface area contributed by atoms with Crippen molar-refractivity contribution in [2.24, 2.45) is 0 Å². The van der Waals surface area contributed by atoms with Crippen molar-refractivity contribution in [3.63, 3.8) is 0 Å². The van der Waals surface area contributed by atoms with Crippen molar-refractivity contribution >= 4 is 17.3 Å². The van der Waals surface area contributed by atoms with Crippen LogP contribution in [0.3, 0.4) is 0 Å². The topological polar surface area (TPSA) is 44.3 Å². The molecule has 72 valence electrons. The summed E-state index contributed by atoms with van der Waals surface area (Å²) in [7, 11) is 0. The summed E-state index contributed by atoms with van der Waals surface area (Å²) in [5, 5.41) is 15.3. The maximum Gasteiger partial charge on any atom is 0.166 e. The molecule has 0 aliphatic carbocycles. The molecule has 0 saturated heterocycles. The maximum atomic E-state index is 8.49. The Morgan fingerprint density at radius 3 is 2.33 bits per heavy atom. The Balaban J connectivity index is 3.10. The van der Waals surface area contributed by atoms with Gasteiger partial charge in [0.1, 0.15) is 0 Å². The Morgan fingerprint density at radius 1 is 1.25 bits per heavy atom. The molecule has 0 unspecified atom stereocenters. The molecule has 3 N–H and O–H groups in total. The molecular weight excluding hydrogens is 172 g/mol. The quantitative estimate of drug-likeness (QED) is 0.425. The van der Waals surface area contributed by atoms with Crippen LogP contribution in [0.2, 0.25) is 0 Å². The van der Waals surface area contributed by atoms with E-state index in [1.165, 1.54) is 6.42 Å². The summed E-state index contributed by atoms with van der Waals surface area (Å²) < 4.78 is 0. The molecular formula is C8H18N2OS. The molecule has 0 fully saturated rings. The van der Waals surface area contributed by atoms with Gasteiger partial charge >= 0.3 is 0 Å². The van der Waals surface area contributed by atoms with E-state index in [1.807, 2.05) is 0 Å². The lowest BCUT2D eigenvalue weighted by molar-refractivity contribution is 0.289. The molecule has 12 heavy (non-hydrogen) atoms. The Bertz CT molecular complexity index is 108. The Labute approximate surface area is 79.5 Å². The highest BCUT2D eigenvalue weighted by molar-refractivity contribution is 7.80. The third-order valence-corrected chi connectivity index (χ3v) is 1.73. The van der Waals surface area contributed by atoms with Gasteiger partial charge in [-0.25, -0.2) is 0 Å². The van der Waals surface area contributed by atoms with E-state index in [4.69, 9.17) is 17.3 Å². The second-order valence-electron chi connectivity index (χ2n) is 2.61. The number of unbranched alkanes of at least 4 members (excludes halogenated alkanes) is 1. The summed E-state index contributed by atoms with van der Waals surface area (Å²) in [6.45, 7) is 4.03. The molecule has 0 radical (unpaired) electrons. The molecule has 0 aromatic heterocycles. The lowest BCUT2D eigenvalue weighted by Crippen LogP contribution is -2.36. The van der Waals surface area contributed by atoms with E-state index in [0.717, 1.165) is 25.9 Å². The molecule has 0 aromatic rings. The van der Waals surface area contributed by atoms with Crippen molar-refractivity contribution in [1.29, 1.82) is 0 Å². The van der Waals surface area contributed by atoms with Crippen molar-refractivity contribution in [2.45, 2.75) is 26.2 Å². The van der Waals surface area contributed by atoms with Crippen LogP contribution < -0.4 is 10.6 Å². The fourth-order valence-electron chi connectivity index (χ4n) is 0.722. The highest BCUT2D eigenvalue weighted by Gasteiger charge is 1.91. The summed E-state index contributed by atoms with van der Waals surface area (Å²) in [6.07, 6.45) is 3.06. The predicted molar refractivity (Wildman–Crippen MR) is 55.2 cm³/mol. The highest BCUT2D eigenvalue weighted by atomic mass is 32.1. The van der Waals surface area contributed by atoms with Crippen LogP contribution in [0.1, 0.15) is 26.2 Å². The van der Waals surface area contributed by atoms with Crippen molar-refractivity contribution in [3.8, 4) is 0 Å². The van der Waals surface area contributed by atoms with E-state index in [1.54, 1.807) is 0 Å². The van der Waals surface area contributed by atoms with Gasteiger partial charge < -0.3 is 15.7 Å². The lowest BCUT2D eigenvalue weighted by atomic mass is 10.3. The van der Waals surface area contributed by atoms with Gasteiger partial charge in [0.25, 0.3) is 0 Å². The van der Waals surface area contributed by atoms with E-state index in [9.17, 15) is 0 Å². The third kappa shape index (κ3) is 7.75. The summed E-state index contributed by atoms with van der Waals surface area (Å²) in [5.74, 6) is 0. The number of aliphatic hydroxyl groups is 1. The zero-order valence-electron chi connectivity index (χ0n) is 7.60. The van der Waals surface area contributed by atoms with Crippen LogP contribution >= 0.6 is 12.2 Å². The average molecular weight is 190 g/mol. The van der Waals surface area contributed by atoms with Crippen molar-refractivity contribution < 1.29 is 5.11 Å². The fraction of sp³-hybridized carbons (Fsp3) is 0.875. The zero-order valence-corrected chi connectivity index (χ0v) is 8.41. The SMILES string of the molecule is CCCCNC(=S)NCCCO. The standard InChI is InChI=1S/C8H18N2OS/c1-2-3-5-9-8(12)10-6-4-7-11/h11H,2-7H2,1H3,(H2,9,10,12). The summed E-state index contributed by atoms with van der Waals surface area (Å²) in [4.78, 5) is 0. The molecule has 0 aliphatic rings. The van der Waals surface area contributed by atoms with Crippen molar-refractivity contribution in [2.75, 3.05) is 19.7 Å². The predicted octanol–water partition coefficient (Wildman–Crippen LogP) is 0.633. The van der Waals surface area contributed by atoms with E-state index in [-0.39, 0.29) is 6.61 Å². The highest BCUT2D eigenvalue weighted by Crippen LogP contribution is 1.82. The minimum absolute atomic E-state index is 0.213. The fourth-order valence-corrected chi connectivity index (χ4v) is 0.926. The van der Waals surface area contributed by atoms with Crippen LogP contribution in [0.4, 0.5) is 0 Å². The van der Waals surface area contributed by atoms with E-state index in [2.05, 4.69) is 17.6 Å². The molecule has 4 heteroatoms. The van der Waals surface area contributed by atoms with E-state index >= 15 is 0 Å². The number of rotatable bonds is 6. The van der Waals surface area contributed by atoms with Crippen molar-refractivity contribution in [1.82, 2.24) is 10.6 Å². The maximum absolute atomic E-state index is 8.49. The average Bonchev–Trinajstić information content (AvgIpc) is 2.06. The third-order valence-electron chi connectivity index (χ3n) is 1.44. The van der Waals surface area contributed by atoms with Gasteiger partial charge in [0.15, 0.2) is 5.11 Å². The van der Waals surface area contributed by atoms with E-state index in [0.29, 0.717) is 5.11 Å². The largest absolute Gasteiger partial charge is 0.396 e. The Kier molecular flexibility index (Phi) is 8.49.